The second-order valence-electron chi connectivity index (χ2n) is 6.08. The molecule has 3 rings (SSSR count). The van der Waals surface area contributed by atoms with Gasteiger partial charge in [-0.15, -0.1) is 0 Å². The van der Waals surface area contributed by atoms with Gasteiger partial charge in [0.2, 0.25) is 5.91 Å². The first kappa shape index (κ1) is 19.3. The predicted molar refractivity (Wildman–Crippen MR) is 96.6 cm³/mol. The molecule has 2 heterocycles. The molecule has 1 amide bonds. The van der Waals surface area contributed by atoms with Crippen LogP contribution >= 0.6 is 0 Å². The Hall–Kier alpha value is -3.46. The number of pyridine rings is 1. The third-order valence-corrected chi connectivity index (χ3v) is 4.01. The summed E-state index contributed by atoms with van der Waals surface area (Å²) in [5, 5.41) is 17.5. The first-order valence-corrected chi connectivity index (χ1v) is 8.32. The molecule has 9 heteroatoms. The number of amides is 1. The van der Waals surface area contributed by atoms with Gasteiger partial charge in [-0.1, -0.05) is 6.07 Å². The molecule has 1 unspecified atom stereocenters. The summed E-state index contributed by atoms with van der Waals surface area (Å²) in [6.45, 7) is -0.515. The fraction of sp³-hybridized carbons (Fsp3) is 0.158. The average Bonchev–Trinajstić information content (AvgIpc) is 3.18. The summed E-state index contributed by atoms with van der Waals surface area (Å²) in [6, 6.07) is 6.29. The molecular formula is C19H17F2N5O2. The van der Waals surface area contributed by atoms with E-state index in [1.807, 2.05) is 0 Å². The van der Waals surface area contributed by atoms with E-state index in [9.17, 15) is 18.7 Å². The molecule has 0 bridgehead atoms. The molecule has 28 heavy (non-hydrogen) atoms. The molecule has 1 aromatic carbocycles. The SMILES string of the molecule is O=C(C=Cc1ccncc1)NCC(O)(Cn1cncn1)c1ccc(F)cc1F. The quantitative estimate of drug-likeness (QED) is 0.604. The van der Waals surface area contributed by atoms with Crippen LogP contribution < -0.4 is 5.32 Å². The number of rotatable bonds is 7. The number of aromatic nitrogens is 4. The number of carbonyl (C=O) groups excluding carboxylic acids is 1. The normalized spacial score (nSPS) is 13.4. The first-order valence-electron chi connectivity index (χ1n) is 8.32. The molecule has 2 aromatic heterocycles. The Morgan fingerprint density at radius 2 is 2.00 bits per heavy atom. The van der Waals surface area contributed by atoms with Crippen LogP contribution in [-0.2, 0) is 16.9 Å². The van der Waals surface area contributed by atoms with E-state index in [2.05, 4.69) is 20.4 Å². The van der Waals surface area contributed by atoms with Crippen molar-refractivity contribution in [2.45, 2.75) is 12.1 Å². The van der Waals surface area contributed by atoms with Crippen LogP contribution in [0.25, 0.3) is 6.08 Å². The van der Waals surface area contributed by atoms with Crippen molar-refractivity contribution >= 4 is 12.0 Å². The van der Waals surface area contributed by atoms with Crippen LogP contribution in [0.1, 0.15) is 11.1 Å². The Morgan fingerprint density at radius 1 is 1.21 bits per heavy atom. The molecule has 0 aliphatic heterocycles. The van der Waals surface area contributed by atoms with E-state index in [1.54, 1.807) is 30.6 Å². The van der Waals surface area contributed by atoms with Crippen molar-refractivity contribution in [2.24, 2.45) is 0 Å². The van der Waals surface area contributed by atoms with Crippen molar-refractivity contribution in [2.75, 3.05) is 6.54 Å². The highest BCUT2D eigenvalue weighted by atomic mass is 19.1. The van der Waals surface area contributed by atoms with Gasteiger partial charge in [0.25, 0.3) is 0 Å². The van der Waals surface area contributed by atoms with Gasteiger partial charge in [0.05, 0.1) is 13.1 Å². The Morgan fingerprint density at radius 3 is 2.68 bits per heavy atom. The minimum atomic E-state index is -1.87. The Kier molecular flexibility index (Phi) is 5.85. The maximum atomic E-state index is 14.3. The van der Waals surface area contributed by atoms with E-state index in [0.29, 0.717) is 6.07 Å². The largest absolute Gasteiger partial charge is 0.381 e. The molecule has 2 N–H and O–H groups in total. The number of hydrogen-bond donors (Lipinski definition) is 2. The van der Waals surface area contributed by atoms with Crippen LogP contribution in [0.15, 0.2) is 61.5 Å². The molecule has 0 aliphatic carbocycles. The topological polar surface area (TPSA) is 92.9 Å². The van der Waals surface area contributed by atoms with Crippen LogP contribution in [0.3, 0.4) is 0 Å². The summed E-state index contributed by atoms with van der Waals surface area (Å²) in [5.41, 5.74) is -1.26. The van der Waals surface area contributed by atoms with Gasteiger partial charge in [0.1, 0.15) is 29.9 Å². The summed E-state index contributed by atoms with van der Waals surface area (Å²) in [7, 11) is 0. The van der Waals surface area contributed by atoms with E-state index in [1.165, 1.54) is 23.4 Å². The fourth-order valence-electron chi connectivity index (χ4n) is 2.62. The van der Waals surface area contributed by atoms with Gasteiger partial charge in [-0.3, -0.25) is 9.78 Å². The number of halogens is 2. The van der Waals surface area contributed by atoms with Crippen LogP contribution in [0, 0.1) is 11.6 Å². The molecule has 0 aliphatic rings. The van der Waals surface area contributed by atoms with E-state index >= 15 is 0 Å². The second-order valence-corrected chi connectivity index (χ2v) is 6.08. The maximum absolute atomic E-state index is 14.3. The number of aliphatic hydroxyl groups is 1. The zero-order chi connectivity index (χ0) is 20.0. The first-order chi connectivity index (χ1) is 13.5. The lowest BCUT2D eigenvalue weighted by Crippen LogP contribution is -2.44. The van der Waals surface area contributed by atoms with Crippen LogP contribution in [0.5, 0.6) is 0 Å². The lowest BCUT2D eigenvalue weighted by Gasteiger charge is -2.29. The molecular weight excluding hydrogens is 368 g/mol. The smallest absolute Gasteiger partial charge is 0.244 e. The van der Waals surface area contributed by atoms with E-state index < -0.39 is 23.1 Å². The predicted octanol–water partition coefficient (Wildman–Crippen LogP) is 1.67. The monoisotopic (exact) mass is 385 g/mol. The van der Waals surface area contributed by atoms with Gasteiger partial charge in [0.15, 0.2) is 0 Å². The third kappa shape index (κ3) is 4.83. The highest BCUT2D eigenvalue weighted by molar-refractivity contribution is 5.91. The molecule has 0 saturated carbocycles. The van der Waals surface area contributed by atoms with Gasteiger partial charge < -0.3 is 10.4 Å². The summed E-state index contributed by atoms with van der Waals surface area (Å²) in [4.78, 5) is 19.8. The highest BCUT2D eigenvalue weighted by Crippen LogP contribution is 2.26. The van der Waals surface area contributed by atoms with Crippen LogP contribution in [0.2, 0.25) is 0 Å². The molecule has 0 radical (unpaired) electrons. The van der Waals surface area contributed by atoms with Crippen molar-refractivity contribution < 1.29 is 18.7 Å². The Labute approximate surface area is 159 Å². The van der Waals surface area contributed by atoms with Crippen LogP contribution in [0.4, 0.5) is 8.78 Å². The minimum absolute atomic E-state index is 0.164. The number of benzene rings is 1. The average molecular weight is 385 g/mol. The molecule has 0 spiro atoms. The van der Waals surface area contributed by atoms with Gasteiger partial charge in [-0.2, -0.15) is 5.10 Å². The fourth-order valence-corrected chi connectivity index (χ4v) is 2.62. The van der Waals surface area contributed by atoms with E-state index in [4.69, 9.17) is 0 Å². The van der Waals surface area contributed by atoms with Crippen molar-refractivity contribution in [3.05, 3.63) is 84.2 Å². The zero-order valence-corrected chi connectivity index (χ0v) is 14.7. The van der Waals surface area contributed by atoms with Gasteiger partial charge >= 0.3 is 0 Å². The molecule has 1 atom stereocenters. The Balaban J connectivity index is 1.77. The van der Waals surface area contributed by atoms with Gasteiger partial charge in [0, 0.05) is 30.1 Å². The molecule has 0 saturated heterocycles. The van der Waals surface area contributed by atoms with Crippen LogP contribution in [-0.4, -0.2) is 37.3 Å². The molecule has 0 fully saturated rings. The second kappa shape index (κ2) is 8.49. The Bertz CT molecular complexity index is 964. The number of nitrogens with one attached hydrogen (secondary N) is 1. The maximum Gasteiger partial charge on any atom is 0.244 e. The van der Waals surface area contributed by atoms with Gasteiger partial charge in [-0.25, -0.2) is 18.4 Å². The lowest BCUT2D eigenvalue weighted by atomic mass is 9.92. The molecule has 144 valence electrons. The van der Waals surface area contributed by atoms with Crippen molar-refractivity contribution in [1.82, 2.24) is 25.1 Å². The molecule has 3 aromatic rings. The zero-order valence-electron chi connectivity index (χ0n) is 14.7. The summed E-state index contributed by atoms with van der Waals surface area (Å²) < 4.78 is 28.8. The van der Waals surface area contributed by atoms with Gasteiger partial charge in [-0.05, 0) is 29.8 Å². The van der Waals surface area contributed by atoms with E-state index in [-0.39, 0.29) is 18.7 Å². The number of nitrogens with zero attached hydrogens (tertiary/aromatic N) is 4. The number of carbonyl (C=O) groups is 1. The number of hydrogen-bond acceptors (Lipinski definition) is 5. The minimum Gasteiger partial charge on any atom is -0.381 e. The van der Waals surface area contributed by atoms with Crippen molar-refractivity contribution in [1.29, 1.82) is 0 Å². The summed E-state index contributed by atoms with van der Waals surface area (Å²) in [5.74, 6) is -2.19. The van der Waals surface area contributed by atoms with Crippen molar-refractivity contribution in [3.63, 3.8) is 0 Å². The highest BCUT2D eigenvalue weighted by Gasteiger charge is 2.33. The van der Waals surface area contributed by atoms with Crippen molar-refractivity contribution in [3.8, 4) is 0 Å². The summed E-state index contributed by atoms with van der Waals surface area (Å²) >= 11 is 0. The standard InChI is InChI=1S/C19H17F2N5O2/c20-15-2-3-16(17(21)9-15)19(28,11-26-13-23-12-25-26)10-24-18(27)4-1-14-5-7-22-8-6-14/h1-9,12-13,28H,10-11H2,(H,24,27). The molecule has 7 nitrogen and oxygen atoms in total. The third-order valence-electron chi connectivity index (χ3n) is 4.01. The summed E-state index contributed by atoms with van der Waals surface area (Å²) in [6.07, 6.45) is 8.64. The lowest BCUT2D eigenvalue weighted by molar-refractivity contribution is -0.118. The van der Waals surface area contributed by atoms with E-state index in [0.717, 1.165) is 17.7 Å².